The molecule has 2 N–H and O–H groups in total. The van der Waals surface area contributed by atoms with E-state index in [2.05, 4.69) is 50.2 Å². The monoisotopic (exact) mass is 283 g/mol. The Morgan fingerprint density at radius 2 is 2.10 bits per heavy atom. The van der Waals surface area contributed by atoms with Crippen molar-refractivity contribution >= 4 is 16.9 Å². The molecule has 1 aromatic carbocycles. The zero-order valence-corrected chi connectivity index (χ0v) is 11.9. The molecule has 6 heteroatoms. The number of hydrogen-bond acceptors (Lipinski definition) is 4. The lowest BCUT2D eigenvalue weighted by atomic mass is 10.1. The summed E-state index contributed by atoms with van der Waals surface area (Å²) in [6.45, 7) is 5.23. The number of hydrogen-bond donors (Lipinski definition) is 2. The van der Waals surface area contributed by atoms with Crippen molar-refractivity contribution in [3.63, 3.8) is 0 Å². The number of H-pyrrole nitrogens is 2. The molecule has 3 heterocycles. The molecule has 3 aromatic rings. The van der Waals surface area contributed by atoms with Gasteiger partial charge in [0.25, 0.3) is 0 Å². The van der Waals surface area contributed by atoms with Crippen molar-refractivity contribution in [2.45, 2.75) is 6.92 Å². The zero-order chi connectivity index (χ0) is 14.2. The van der Waals surface area contributed by atoms with Gasteiger partial charge in [0.1, 0.15) is 0 Å². The fourth-order valence-corrected chi connectivity index (χ4v) is 2.71. The van der Waals surface area contributed by atoms with Crippen LogP contribution in [0.15, 0.2) is 24.4 Å². The van der Waals surface area contributed by atoms with Crippen LogP contribution in [0, 0.1) is 6.92 Å². The number of aromatic amines is 2. The van der Waals surface area contributed by atoms with Gasteiger partial charge in [0.15, 0.2) is 5.82 Å². The SMILES string of the molecule is Cc1ccc2[nH]cc(-c3nc(N4CCOCC4)n[nH]3)c2c1. The van der Waals surface area contributed by atoms with E-state index in [1.54, 1.807) is 0 Å². The van der Waals surface area contributed by atoms with Gasteiger partial charge in [0, 0.05) is 35.8 Å². The molecule has 1 fully saturated rings. The van der Waals surface area contributed by atoms with Crippen LogP contribution in [-0.2, 0) is 4.74 Å². The third-order valence-corrected chi connectivity index (χ3v) is 3.86. The lowest BCUT2D eigenvalue weighted by molar-refractivity contribution is 0.122. The smallest absolute Gasteiger partial charge is 0.245 e. The highest BCUT2D eigenvalue weighted by Gasteiger charge is 2.17. The highest BCUT2D eigenvalue weighted by atomic mass is 16.5. The lowest BCUT2D eigenvalue weighted by Crippen LogP contribution is -2.36. The normalized spacial score (nSPS) is 15.8. The summed E-state index contributed by atoms with van der Waals surface area (Å²) in [7, 11) is 0. The van der Waals surface area contributed by atoms with Gasteiger partial charge in [-0.05, 0) is 19.1 Å². The Morgan fingerprint density at radius 1 is 1.24 bits per heavy atom. The molecule has 0 bridgehead atoms. The summed E-state index contributed by atoms with van der Waals surface area (Å²) in [6, 6.07) is 6.35. The first-order valence-electron chi connectivity index (χ1n) is 7.14. The van der Waals surface area contributed by atoms with E-state index in [1.165, 1.54) is 10.9 Å². The first-order chi connectivity index (χ1) is 10.3. The van der Waals surface area contributed by atoms with E-state index in [1.807, 2.05) is 6.20 Å². The molecule has 6 nitrogen and oxygen atoms in total. The predicted molar refractivity (Wildman–Crippen MR) is 81.4 cm³/mol. The van der Waals surface area contributed by atoms with E-state index in [-0.39, 0.29) is 0 Å². The first kappa shape index (κ1) is 12.4. The Hall–Kier alpha value is -2.34. The number of aryl methyl sites for hydroxylation is 1. The van der Waals surface area contributed by atoms with Crippen LogP contribution in [-0.4, -0.2) is 46.5 Å². The molecule has 0 aliphatic carbocycles. The molecule has 21 heavy (non-hydrogen) atoms. The summed E-state index contributed by atoms with van der Waals surface area (Å²) < 4.78 is 5.36. The van der Waals surface area contributed by atoms with E-state index in [9.17, 15) is 0 Å². The minimum Gasteiger partial charge on any atom is -0.378 e. The molecule has 4 rings (SSSR count). The summed E-state index contributed by atoms with van der Waals surface area (Å²) in [4.78, 5) is 10.1. The molecular weight excluding hydrogens is 266 g/mol. The lowest BCUT2D eigenvalue weighted by Gasteiger charge is -2.25. The van der Waals surface area contributed by atoms with Crippen LogP contribution in [0.3, 0.4) is 0 Å². The summed E-state index contributed by atoms with van der Waals surface area (Å²) >= 11 is 0. The third kappa shape index (κ3) is 2.17. The van der Waals surface area contributed by atoms with Gasteiger partial charge in [-0.3, -0.25) is 5.10 Å². The van der Waals surface area contributed by atoms with Crippen LogP contribution in [0.1, 0.15) is 5.56 Å². The molecule has 0 saturated carbocycles. The van der Waals surface area contributed by atoms with Crippen LogP contribution >= 0.6 is 0 Å². The molecule has 1 saturated heterocycles. The second-order valence-corrected chi connectivity index (χ2v) is 5.33. The number of ether oxygens (including phenoxy) is 1. The van der Waals surface area contributed by atoms with E-state index < -0.39 is 0 Å². The van der Waals surface area contributed by atoms with E-state index >= 15 is 0 Å². The van der Waals surface area contributed by atoms with Gasteiger partial charge in [0.2, 0.25) is 5.95 Å². The van der Waals surface area contributed by atoms with Gasteiger partial charge in [-0.15, -0.1) is 5.10 Å². The number of nitrogens with zero attached hydrogens (tertiary/aromatic N) is 3. The highest BCUT2D eigenvalue weighted by molar-refractivity contribution is 5.94. The standard InChI is InChI=1S/C15H17N5O/c1-10-2-3-13-11(8-10)12(9-16-13)14-17-15(19-18-14)20-4-6-21-7-5-20/h2-3,8-9,16H,4-7H2,1H3,(H,17,18,19). The summed E-state index contributed by atoms with van der Waals surface area (Å²) in [5, 5.41) is 8.57. The molecule has 1 aliphatic heterocycles. The topological polar surface area (TPSA) is 69.8 Å². The fraction of sp³-hybridized carbons (Fsp3) is 0.333. The maximum Gasteiger partial charge on any atom is 0.245 e. The van der Waals surface area contributed by atoms with Gasteiger partial charge in [-0.2, -0.15) is 4.98 Å². The van der Waals surface area contributed by atoms with Crippen molar-refractivity contribution in [3.8, 4) is 11.4 Å². The van der Waals surface area contributed by atoms with Crippen molar-refractivity contribution < 1.29 is 4.74 Å². The second kappa shape index (κ2) is 4.89. The first-order valence-corrected chi connectivity index (χ1v) is 7.14. The van der Waals surface area contributed by atoms with Crippen molar-refractivity contribution in [1.82, 2.24) is 20.2 Å². The average molecular weight is 283 g/mol. The van der Waals surface area contributed by atoms with Crippen LogP contribution in [0.4, 0.5) is 5.95 Å². The number of fused-ring (bicyclic) bond motifs is 1. The minimum atomic E-state index is 0.732. The molecule has 2 aromatic heterocycles. The van der Waals surface area contributed by atoms with Gasteiger partial charge >= 0.3 is 0 Å². The Morgan fingerprint density at radius 3 is 2.95 bits per heavy atom. The fourth-order valence-electron chi connectivity index (χ4n) is 2.71. The average Bonchev–Trinajstić information content (AvgIpc) is 3.14. The van der Waals surface area contributed by atoms with Crippen LogP contribution in [0.25, 0.3) is 22.3 Å². The molecule has 0 unspecified atom stereocenters. The van der Waals surface area contributed by atoms with E-state index in [0.717, 1.165) is 49.2 Å². The van der Waals surface area contributed by atoms with Gasteiger partial charge in [-0.1, -0.05) is 11.6 Å². The number of aromatic nitrogens is 4. The molecule has 0 spiro atoms. The van der Waals surface area contributed by atoms with Crippen molar-refractivity contribution in [1.29, 1.82) is 0 Å². The largest absolute Gasteiger partial charge is 0.378 e. The number of benzene rings is 1. The summed E-state index contributed by atoms with van der Waals surface area (Å²) in [5.41, 5.74) is 3.40. The summed E-state index contributed by atoms with van der Waals surface area (Å²) in [5.74, 6) is 1.55. The van der Waals surface area contributed by atoms with E-state index in [4.69, 9.17) is 4.74 Å². The molecular formula is C15H17N5O. The quantitative estimate of drug-likeness (QED) is 0.755. The van der Waals surface area contributed by atoms with E-state index in [0.29, 0.717) is 0 Å². The Kier molecular flexibility index (Phi) is 2.89. The predicted octanol–water partition coefficient (Wildman–Crippen LogP) is 2.10. The Balaban J connectivity index is 1.72. The highest BCUT2D eigenvalue weighted by Crippen LogP contribution is 2.27. The van der Waals surface area contributed by atoms with Crippen LogP contribution in [0.5, 0.6) is 0 Å². The Labute approximate surface area is 122 Å². The number of rotatable bonds is 2. The Bertz CT molecular complexity index is 769. The van der Waals surface area contributed by atoms with Gasteiger partial charge < -0.3 is 14.6 Å². The zero-order valence-electron chi connectivity index (χ0n) is 11.9. The molecule has 0 amide bonds. The van der Waals surface area contributed by atoms with Crippen molar-refractivity contribution in [2.24, 2.45) is 0 Å². The molecule has 0 radical (unpaired) electrons. The number of morpholine rings is 1. The number of anilines is 1. The van der Waals surface area contributed by atoms with Crippen molar-refractivity contribution in [2.75, 3.05) is 31.2 Å². The maximum atomic E-state index is 5.36. The second-order valence-electron chi connectivity index (χ2n) is 5.33. The minimum absolute atomic E-state index is 0.732. The van der Waals surface area contributed by atoms with Gasteiger partial charge in [-0.25, -0.2) is 0 Å². The van der Waals surface area contributed by atoms with Gasteiger partial charge in [0.05, 0.1) is 13.2 Å². The summed E-state index contributed by atoms with van der Waals surface area (Å²) in [6.07, 6.45) is 1.98. The maximum absolute atomic E-state index is 5.36. The molecule has 1 aliphatic rings. The molecule has 0 atom stereocenters. The third-order valence-electron chi connectivity index (χ3n) is 3.86. The number of nitrogens with one attached hydrogen (secondary N) is 2. The van der Waals surface area contributed by atoms with Crippen LogP contribution in [0.2, 0.25) is 0 Å². The van der Waals surface area contributed by atoms with Crippen LogP contribution < -0.4 is 4.90 Å². The molecule has 108 valence electrons. The van der Waals surface area contributed by atoms with Crippen molar-refractivity contribution in [3.05, 3.63) is 30.0 Å².